The molecule has 3 heteroatoms. The zero-order chi connectivity index (χ0) is 10.4. The van der Waals surface area contributed by atoms with Crippen LogP contribution in [0.25, 0.3) is 0 Å². The molecule has 0 atom stereocenters. The molecule has 0 unspecified atom stereocenters. The van der Waals surface area contributed by atoms with Crippen LogP contribution in [0.5, 0.6) is 0 Å². The van der Waals surface area contributed by atoms with Crippen molar-refractivity contribution in [3.63, 3.8) is 0 Å². The Labute approximate surface area is 93.7 Å². The van der Waals surface area contributed by atoms with Crippen LogP contribution in [-0.4, -0.2) is 11.9 Å². The predicted octanol–water partition coefficient (Wildman–Crippen LogP) is 3.74. The van der Waals surface area contributed by atoms with Crippen molar-refractivity contribution >= 4 is 34.5 Å². The molecule has 0 aromatic rings. The van der Waals surface area contributed by atoms with Gasteiger partial charge in [0.05, 0.1) is 11.9 Å². The summed E-state index contributed by atoms with van der Waals surface area (Å²) in [4.78, 5) is 8.46. The van der Waals surface area contributed by atoms with E-state index in [1.807, 2.05) is 27.7 Å². The van der Waals surface area contributed by atoms with Crippen molar-refractivity contribution in [1.82, 2.24) is 0 Å². The topological polar surface area (TPSA) is 24.7 Å². The first-order valence-electron chi connectivity index (χ1n) is 4.01. The van der Waals surface area contributed by atoms with E-state index in [-0.39, 0.29) is 0 Å². The lowest BCUT2D eigenvalue weighted by atomic mass is 10.4. The van der Waals surface area contributed by atoms with Crippen molar-refractivity contribution in [2.75, 3.05) is 0 Å². The third-order valence-electron chi connectivity index (χ3n) is 1.10. The summed E-state index contributed by atoms with van der Waals surface area (Å²) in [5.74, 6) is 0. The summed E-state index contributed by atoms with van der Waals surface area (Å²) in [7, 11) is 0. The second kappa shape index (κ2) is 6.07. The zero-order valence-electron chi connectivity index (χ0n) is 8.56. The average Bonchev–Trinajstić information content (AvgIpc) is 1.96. The Kier molecular flexibility index (Phi) is 5.86. The van der Waals surface area contributed by atoms with Gasteiger partial charge in [-0.1, -0.05) is 6.58 Å². The average molecular weight is 290 g/mol. The van der Waals surface area contributed by atoms with Crippen molar-refractivity contribution in [3.8, 4) is 0 Å². The highest BCUT2D eigenvalue weighted by atomic mass is 127. The largest absolute Gasteiger partial charge is 0.260 e. The molecule has 0 N–H and O–H groups in total. The fraction of sp³-hybridized carbons (Fsp3) is 0.400. The maximum atomic E-state index is 4.35. The normalized spacial score (nSPS) is 12.7. The van der Waals surface area contributed by atoms with Gasteiger partial charge in [-0.25, -0.2) is 0 Å². The van der Waals surface area contributed by atoms with Gasteiger partial charge in [0.15, 0.2) is 0 Å². The highest BCUT2D eigenvalue weighted by molar-refractivity contribution is 14.1. The fourth-order valence-corrected chi connectivity index (χ4v) is 0.867. The maximum absolute atomic E-state index is 4.35. The van der Waals surface area contributed by atoms with Crippen LogP contribution in [-0.2, 0) is 0 Å². The number of nitrogens with zero attached hydrogens (tertiary/aromatic N) is 2. The molecule has 2 nitrogen and oxygen atoms in total. The Hall–Kier alpha value is -0.450. The van der Waals surface area contributed by atoms with E-state index in [1.165, 1.54) is 0 Å². The molecular formula is C10H15IN2. The monoisotopic (exact) mass is 290 g/mol. The summed E-state index contributed by atoms with van der Waals surface area (Å²) >= 11 is 2.24. The van der Waals surface area contributed by atoms with Crippen LogP contribution in [0, 0.1) is 0 Å². The Morgan fingerprint density at radius 3 is 2.08 bits per heavy atom. The number of hydrogen-bond donors (Lipinski definition) is 0. The van der Waals surface area contributed by atoms with Crippen molar-refractivity contribution in [3.05, 3.63) is 21.6 Å². The van der Waals surface area contributed by atoms with Crippen LogP contribution in [0.2, 0.25) is 0 Å². The van der Waals surface area contributed by atoms with Gasteiger partial charge in [-0.15, -0.1) is 0 Å². The van der Waals surface area contributed by atoms with E-state index in [0.29, 0.717) is 0 Å². The van der Waals surface area contributed by atoms with Gasteiger partial charge >= 0.3 is 0 Å². The highest BCUT2D eigenvalue weighted by Gasteiger charge is 1.94. The van der Waals surface area contributed by atoms with Gasteiger partial charge in [0.1, 0.15) is 0 Å². The minimum absolute atomic E-state index is 0.791. The van der Waals surface area contributed by atoms with E-state index in [9.17, 15) is 0 Å². The predicted molar refractivity (Wildman–Crippen MR) is 68.8 cm³/mol. The molecule has 0 spiro atoms. The van der Waals surface area contributed by atoms with Gasteiger partial charge < -0.3 is 0 Å². The molecule has 0 radical (unpaired) electrons. The number of aliphatic imine (C=N–C) groups is 2. The van der Waals surface area contributed by atoms with E-state index < -0.39 is 0 Å². The molecule has 0 aliphatic rings. The molecule has 0 aromatic heterocycles. The molecule has 0 fully saturated rings. The Morgan fingerprint density at radius 2 is 1.77 bits per heavy atom. The Balaban J connectivity index is 4.78. The molecule has 0 saturated carbocycles. The van der Waals surface area contributed by atoms with Crippen molar-refractivity contribution in [2.45, 2.75) is 27.7 Å². The molecule has 0 aromatic carbocycles. The lowest BCUT2D eigenvalue weighted by Crippen LogP contribution is -1.88. The van der Waals surface area contributed by atoms with E-state index in [0.717, 1.165) is 20.7 Å². The minimum atomic E-state index is 0.791. The molecule has 0 saturated heterocycles. The van der Waals surface area contributed by atoms with E-state index >= 15 is 0 Å². The molecule has 0 bridgehead atoms. The standard InChI is InChI=1S/C10H15IN2/c1-7(2)12-6-10(9(5)11)13-8(3)4/h6H,1H2,2-5H3/b10-9-,12-6-. The second-order valence-electron chi connectivity index (χ2n) is 2.97. The number of halogens is 1. The fourth-order valence-electron chi connectivity index (χ4n) is 0.607. The first-order chi connectivity index (χ1) is 5.93. The second-order valence-corrected chi connectivity index (χ2v) is 4.59. The SMILES string of the molecule is C=C(C)/N=C\C(N=C(C)C)=C(/C)I. The molecule has 13 heavy (non-hydrogen) atoms. The summed E-state index contributed by atoms with van der Waals surface area (Å²) in [6.07, 6.45) is 1.75. The number of rotatable bonds is 3. The molecule has 0 aliphatic heterocycles. The number of hydrogen-bond acceptors (Lipinski definition) is 2. The third kappa shape index (κ3) is 6.69. The maximum Gasteiger partial charge on any atom is 0.0901 e. The van der Waals surface area contributed by atoms with Crippen molar-refractivity contribution in [1.29, 1.82) is 0 Å². The molecule has 0 amide bonds. The van der Waals surface area contributed by atoms with Crippen LogP contribution in [0.1, 0.15) is 27.7 Å². The first-order valence-corrected chi connectivity index (χ1v) is 5.09. The summed E-state index contributed by atoms with van der Waals surface area (Å²) in [6.45, 7) is 11.5. The van der Waals surface area contributed by atoms with Crippen molar-refractivity contribution < 1.29 is 0 Å². The summed E-state index contributed by atoms with van der Waals surface area (Å²) in [5, 5.41) is 0. The summed E-state index contributed by atoms with van der Waals surface area (Å²) < 4.78 is 1.13. The summed E-state index contributed by atoms with van der Waals surface area (Å²) in [6, 6.07) is 0. The molecule has 0 rings (SSSR count). The van der Waals surface area contributed by atoms with Crippen LogP contribution in [0.15, 0.2) is 31.5 Å². The lowest BCUT2D eigenvalue weighted by Gasteiger charge is -1.97. The van der Waals surface area contributed by atoms with Crippen LogP contribution in [0.4, 0.5) is 0 Å². The zero-order valence-corrected chi connectivity index (χ0v) is 10.7. The van der Waals surface area contributed by atoms with Crippen molar-refractivity contribution in [2.24, 2.45) is 9.98 Å². The van der Waals surface area contributed by atoms with Crippen LogP contribution in [0.3, 0.4) is 0 Å². The quantitative estimate of drug-likeness (QED) is 0.559. The molecule has 0 aliphatic carbocycles. The van der Waals surface area contributed by atoms with E-state index in [1.54, 1.807) is 6.21 Å². The highest BCUT2D eigenvalue weighted by Crippen LogP contribution is 2.12. The van der Waals surface area contributed by atoms with Crippen LogP contribution < -0.4 is 0 Å². The third-order valence-corrected chi connectivity index (χ3v) is 1.66. The van der Waals surface area contributed by atoms with E-state index in [2.05, 4.69) is 39.2 Å². The van der Waals surface area contributed by atoms with Gasteiger partial charge in [0, 0.05) is 15.0 Å². The number of allylic oxidation sites excluding steroid dienone is 3. The van der Waals surface area contributed by atoms with E-state index in [4.69, 9.17) is 0 Å². The smallest absolute Gasteiger partial charge is 0.0901 e. The van der Waals surface area contributed by atoms with Crippen LogP contribution >= 0.6 is 22.6 Å². The molecule has 72 valence electrons. The lowest BCUT2D eigenvalue weighted by molar-refractivity contribution is 1.31. The minimum Gasteiger partial charge on any atom is -0.260 e. The van der Waals surface area contributed by atoms with Gasteiger partial charge in [0.2, 0.25) is 0 Å². The summed E-state index contributed by atoms with van der Waals surface area (Å²) in [5.41, 5.74) is 2.72. The van der Waals surface area contributed by atoms with Gasteiger partial charge in [-0.2, -0.15) is 0 Å². The molecular weight excluding hydrogens is 275 g/mol. The van der Waals surface area contributed by atoms with Gasteiger partial charge in [0.25, 0.3) is 0 Å². The van der Waals surface area contributed by atoms with Gasteiger partial charge in [-0.05, 0) is 50.3 Å². The Bertz CT molecular complexity index is 277. The molecule has 0 heterocycles. The van der Waals surface area contributed by atoms with Gasteiger partial charge in [-0.3, -0.25) is 9.98 Å². The Morgan fingerprint density at radius 1 is 1.23 bits per heavy atom. The first kappa shape index (κ1) is 12.6.